The summed E-state index contributed by atoms with van der Waals surface area (Å²) in [6, 6.07) is 13.3. The number of nitrogens with two attached hydrogens (primary N) is 1. The largest absolute Gasteiger partial charge is 0.397 e. The number of nitrogens with zero attached hydrogens (tertiary/aromatic N) is 2. The zero-order valence-corrected chi connectivity index (χ0v) is 15.0. The summed E-state index contributed by atoms with van der Waals surface area (Å²) in [5, 5.41) is 2.92. The molecule has 0 spiro atoms. The zero-order valence-electron chi connectivity index (χ0n) is 15.0. The Bertz CT molecular complexity index is 734. The van der Waals surface area contributed by atoms with Gasteiger partial charge in [0.05, 0.1) is 11.4 Å². The molecule has 1 heterocycles. The molecule has 1 amide bonds. The Morgan fingerprint density at radius 2 is 1.76 bits per heavy atom. The Hall–Kier alpha value is -2.53. The van der Waals surface area contributed by atoms with E-state index in [2.05, 4.69) is 22.0 Å². The van der Waals surface area contributed by atoms with E-state index in [-0.39, 0.29) is 5.91 Å². The monoisotopic (exact) mass is 338 g/mol. The van der Waals surface area contributed by atoms with Crippen LogP contribution in [0.1, 0.15) is 22.8 Å². The molecule has 0 aliphatic carbocycles. The van der Waals surface area contributed by atoms with Crippen molar-refractivity contribution in [2.24, 2.45) is 0 Å². The highest BCUT2D eigenvalue weighted by Gasteiger charge is 2.18. The lowest BCUT2D eigenvalue weighted by Gasteiger charge is -2.36. The van der Waals surface area contributed by atoms with Crippen LogP contribution in [-0.2, 0) is 0 Å². The van der Waals surface area contributed by atoms with Gasteiger partial charge in [-0.1, -0.05) is 24.6 Å². The average Bonchev–Trinajstić information content (AvgIpc) is 2.62. The summed E-state index contributed by atoms with van der Waals surface area (Å²) in [6.07, 6.45) is 0. The number of benzene rings is 2. The average molecular weight is 338 g/mol. The number of hydrogen-bond donors (Lipinski definition) is 2. The molecular formula is C20H26N4O. The summed E-state index contributed by atoms with van der Waals surface area (Å²) in [5.41, 5.74) is 10.5. The van der Waals surface area contributed by atoms with E-state index < -0.39 is 0 Å². The summed E-state index contributed by atoms with van der Waals surface area (Å²) < 4.78 is 0. The van der Waals surface area contributed by atoms with Crippen LogP contribution in [0.15, 0.2) is 42.5 Å². The van der Waals surface area contributed by atoms with Crippen molar-refractivity contribution in [2.75, 3.05) is 48.7 Å². The molecule has 25 heavy (non-hydrogen) atoms. The summed E-state index contributed by atoms with van der Waals surface area (Å²) in [7, 11) is 0. The van der Waals surface area contributed by atoms with E-state index in [1.165, 1.54) is 0 Å². The van der Waals surface area contributed by atoms with Crippen molar-refractivity contribution in [3.8, 4) is 0 Å². The van der Waals surface area contributed by atoms with Crippen molar-refractivity contribution in [1.29, 1.82) is 0 Å². The first-order chi connectivity index (χ1) is 12.1. The molecule has 2 aromatic rings. The van der Waals surface area contributed by atoms with Gasteiger partial charge in [-0.2, -0.15) is 0 Å². The maximum atomic E-state index is 12.3. The standard InChI is InChI=1S/C20H26N4O/c1-3-23-10-12-24(13-11-23)19-9-8-17(14-18(19)21)22-20(25)16-6-4-15(2)5-7-16/h4-9,14H,3,10-13,21H2,1-2H3,(H,22,25). The molecule has 1 saturated heterocycles. The molecule has 1 aliphatic rings. The van der Waals surface area contributed by atoms with E-state index in [0.717, 1.165) is 49.7 Å². The van der Waals surface area contributed by atoms with Gasteiger partial charge in [0.2, 0.25) is 0 Å². The minimum Gasteiger partial charge on any atom is -0.397 e. The first-order valence-corrected chi connectivity index (χ1v) is 8.81. The van der Waals surface area contributed by atoms with Crippen LogP contribution in [-0.4, -0.2) is 43.5 Å². The fourth-order valence-corrected chi connectivity index (χ4v) is 3.13. The van der Waals surface area contributed by atoms with Crippen LogP contribution >= 0.6 is 0 Å². The number of likely N-dealkylation sites (N-methyl/N-ethyl adjacent to an activating group) is 1. The van der Waals surface area contributed by atoms with Gasteiger partial charge in [-0.15, -0.1) is 0 Å². The van der Waals surface area contributed by atoms with E-state index in [1.54, 1.807) is 0 Å². The van der Waals surface area contributed by atoms with E-state index in [1.807, 2.05) is 49.4 Å². The number of anilines is 3. The minimum absolute atomic E-state index is 0.122. The van der Waals surface area contributed by atoms with Gasteiger partial charge >= 0.3 is 0 Å². The fourth-order valence-electron chi connectivity index (χ4n) is 3.13. The first-order valence-electron chi connectivity index (χ1n) is 8.81. The van der Waals surface area contributed by atoms with Crippen molar-refractivity contribution in [1.82, 2.24) is 4.90 Å². The van der Waals surface area contributed by atoms with E-state index in [0.29, 0.717) is 11.3 Å². The van der Waals surface area contributed by atoms with Crippen LogP contribution in [0.2, 0.25) is 0 Å². The summed E-state index contributed by atoms with van der Waals surface area (Å²) in [5.74, 6) is -0.122. The Morgan fingerprint density at radius 3 is 2.36 bits per heavy atom. The van der Waals surface area contributed by atoms with Gasteiger partial charge in [0.15, 0.2) is 0 Å². The van der Waals surface area contributed by atoms with Crippen molar-refractivity contribution in [3.63, 3.8) is 0 Å². The lowest BCUT2D eigenvalue weighted by molar-refractivity contribution is 0.102. The third-order valence-corrected chi connectivity index (χ3v) is 4.76. The highest BCUT2D eigenvalue weighted by Crippen LogP contribution is 2.27. The van der Waals surface area contributed by atoms with Crippen LogP contribution in [0.4, 0.5) is 17.1 Å². The predicted molar refractivity (Wildman–Crippen MR) is 104 cm³/mol. The van der Waals surface area contributed by atoms with E-state index in [9.17, 15) is 4.79 Å². The molecular weight excluding hydrogens is 312 g/mol. The molecule has 0 unspecified atom stereocenters. The molecule has 3 rings (SSSR count). The summed E-state index contributed by atoms with van der Waals surface area (Å²) in [6.45, 7) is 9.36. The van der Waals surface area contributed by atoms with Gasteiger partial charge in [-0.05, 0) is 43.8 Å². The second-order valence-electron chi connectivity index (χ2n) is 6.52. The van der Waals surface area contributed by atoms with Crippen LogP contribution < -0.4 is 16.0 Å². The quantitative estimate of drug-likeness (QED) is 0.842. The number of hydrogen-bond acceptors (Lipinski definition) is 4. The number of carbonyl (C=O) groups excluding carboxylic acids is 1. The number of rotatable bonds is 4. The first kappa shape index (κ1) is 17.3. The molecule has 0 atom stereocenters. The van der Waals surface area contributed by atoms with Crippen molar-refractivity contribution >= 4 is 23.0 Å². The minimum atomic E-state index is -0.122. The Kier molecular flexibility index (Phi) is 5.24. The number of nitrogens with one attached hydrogen (secondary N) is 1. The normalized spacial score (nSPS) is 15.2. The summed E-state index contributed by atoms with van der Waals surface area (Å²) in [4.78, 5) is 17.1. The second-order valence-corrected chi connectivity index (χ2v) is 6.52. The number of nitrogen functional groups attached to an aromatic ring is 1. The van der Waals surface area contributed by atoms with Crippen molar-refractivity contribution < 1.29 is 4.79 Å². The molecule has 0 aromatic heterocycles. The molecule has 5 nitrogen and oxygen atoms in total. The lowest BCUT2D eigenvalue weighted by atomic mass is 10.1. The second kappa shape index (κ2) is 7.57. The Labute approximate surface area is 149 Å². The molecule has 2 aromatic carbocycles. The van der Waals surface area contributed by atoms with Gasteiger partial charge in [0.1, 0.15) is 0 Å². The van der Waals surface area contributed by atoms with Crippen LogP contribution in [0.5, 0.6) is 0 Å². The molecule has 132 valence electrons. The van der Waals surface area contributed by atoms with Gasteiger partial charge in [0.25, 0.3) is 5.91 Å². The predicted octanol–water partition coefficient (Wildman–Crippen LogP) is 2.97. The number of piperazine rings is 1. The number of aryl methyl sites for hydroxylation is 1. The fraction of sp³-hybridized carbons (Fsp3) is 0.350. The van der Waals surface area contributed by atoms with E-state index >= 15 is 0 Å². The third kappa shape index (κ3) is 4.12. The van der Waals surface area contributed by atoms with Gasteiger partial charge in [-0.25, -0.2) is 0 Å². The smallest absolute Gasteiger partial charge is 0.255 e. The third-order valence-electron chi connectivity index (χ3n) is 4.76. The molecule has 1 aliphatic heterocycles. The van der Waals surface area contributed by atoms with Crippen LogP contribution in [0, 0.1) is 6.92 Å². The summed E-state index contributed by atoms with van der Waals surface area (Å²) >= 11 is 0. The molecule has 3 N–H and O–H groups in total. The zero-order chi connectivity index (χ0) is 17.8. The molecule has 0 saturated carbocycles. The maximum Gasteiger partial charge on any atom is 0.255 e. The highest BCUT2D eigenvalue weighted by molar-refractivity contribution is 6.04. The van der Waals surface area contributed by atoms with Crippen LogP contribution in [0.3, 0.4) is 0 Å². The van der Waals surface area contributed by atoms with Gasteiger partial charge < -0.3 is 20.9 Å². The highest BCUT2D eigenvalue weighted by atomic mass is 16.1. The molecule has 0 bridgehead atoms. The van der Waals surface area contributed by atoms with Gasteiger partial charge in [-0.3, -0.25) is 4.79 Å². The number of amides is 1. The SMILES string of the molecule is CCN1CCN(c2ccc(NC(=O)c3ccc(C)cc3)cc2N)CC1. The maximum absolute atomic E-state index is 12.3. The molecule has 5 heteroatoms. The molecule has 0 radical (unpaired) electrons. The molecule has 1 fully saturated rings. The topological polar surface area (TPSA) is 61.6 Å². The van der Waals surface area contributed by atoms with Crippen molar-refractivity contribution in [2.45, 2.75) is 13.8 Å². The lowest BCUT2D eigenvalue weighted by Crippen LogP contribution is -2.46. The van der Waals surface area contributed by atoms with E-state index in [4.69, 9.17) is 5.73 Å². The van der Waals surface area contributed by atoms with Gasteiger partial charge in [0, 0.05) is 37.4 Å². The Balaban J connectivity index is 1.67. The number of carbonyl (C=O) groups is 1. The Morgan fingerprint density at radius 1 is 1.08 bits per heavy atom. The van der Waals surface area contributed by atoms with Crippen LogP contribution in [0.25, 0.3) is 0 Å². The van der Waals surface area contributed by atoms with Crippen molar-refractivity contribution in [3.05, 3.63) is 53.6 Å².